The second kappa shape index (κ2) is 19.3. The molecule has 2 saturated carbocycles. The van der Waals surface area contributed by atoms with E-state index >= 15 is 0 Å². The Bertz CT molecular complexity index is 648. The van der Waals surface area contributed by atoms with Crippen molar-refractivity contribution in [2.24, 2.45) is 11.8 Å². The maximum Gasteiger partial charge on any atom is 0.0575 e. The van der Waals surface area contributed by atoms with Crippen molar-refractivity contribution >= 4 is 0 Å². The van der Waals surface area contributed by atoms with Gasteiger partial charge in [-0.1, -0.05) is 134 Å². The minimum Gasteiger partial charge on any atom is -0.378 e. The zero-order valence-electron chi connectivity index (χ0n) is 25.0. The van der Waals surface area contributed by atoms with Crippen molar-refractivity contribution < 1.29 is 4.74 Å². The molecule has 1 aromatic rings. The largest absolute Gasteiger partial charge is 0.378 e. The molecular formula is C36H62O. The Balaban J connectivity index is 1.16. The average molecular weight is 511 g/mol. The SMILES string of the molecule is CCCCCCCCCC[C@H]1CC[C@H](CCCO[C@H]2CC[C@H](c3ccc(CCCCC)cc3)CC2)CC1. The van der Waals surface area contributed by atoms with Gasteiger partial charge in [-0.25, -0.2) is 0 Å². The molecule has 2 aliphatic carbocycles. The first kappa shape index (κ1) is 30.7. The Morgan fingerprint density at radius 1 is 0.568 bits per heavy atom. The third kappa shape index (κ3) is 12.7. The zero-order chi connectivity index (χ0) is 26.0. The normalized spacial score (nSPS) is 24.4. The maximum atomic E-state index is 6.36. The van der Waals surface area contributed by atoms with Crippen molar-refractivity contribution in [2.75, 3.05) is 6.61 Å². The lowest BCUT2D eigenvalue weighted by Crippen LogP contribution is -2.21. The molecule has 0 saturated heterocycles. The molecule has 0 bridgehead atoms. The van der Waals surface area contributed by atoms with Crippen molar-refractivity contribution in [3.63, 3.8) is 0 Å². The fourth-order valence-corrected chi connectivity index (χ4v) is 7.10. The molecule has 0 spiro atoms. The van der Waals surface area contributed by atoms with Gasteiger partial charge in [-0.2, -0.15) is 0 Å². The van der Waals surface area contributed by atoms with Gasteiger partial charge in [0.1, 0.15) is 0 Å². The van der Waals surface area contributed by atoms with Gasteiger partial charge >= 0.3 is 0 Å². The van der Waals surface area contributed by atoms with Gasteiger partial charge in [-0.05, 0) is 80.2 Å². The van der Waals surface area contributed by atoms with Crippen LogP contribution < -0.4 is 0 Å². The van der Waals surface area contributed by atoms with Crippen LogP contribution in [0.3, 0.4) is 0 Å². The summed E-state index contributed by atoms with van der Waals surface area (Å²) in [6.07, 6.45) is 32.7. The molecular weight excluding hydrogens is 448 g/mol. The van der Waals surface area contributed by atoms with Crippen LogP contribution in [0.2, 0.25) is 0 Å². The molecule has 0 aromatic heterocycles. The summed E-state index contributed by atoms with van der Waals surface area (Å²) in [5.41, 5.74) is 3.09. The monoisotopic (exact) mass is 510 g/mol. The molecule has 0 heterocycles. The van der Waals surface area contributed by atoms with E-state index in [0.29, 0.717) is 6.10 Å². The van der Waals surface area contributed by atoms with E-state index in [1.165, 1.54) is 153 Å². The van der Waals surface area contributed by atoms with Gasteiger partial charge < -0.3 is 4.74 Å². The van der Waals surface area contributed by atoms with Crippen LogP contribution in [0.5, 0.6) is 0 Å². The standard InChI is InChI=1S/C36H62O/c1-3-5-7-8-9-10-11-13-16-31-18-20-33(21-19-31)17-14-30-37-36-28-26-35(27-29-36)34-24-22-32(23-25-34)15-12-6-4-2/h22-25,31,33,35-36H,3-21,26-30H2,1-2H3/t31-,33-,35-,36-. The summed E-state index contributed by atoms with van der Waals surface area (Å²) in [5.74, 6) is 2.78. The lowest BCUT2D eigenvalue weighted by atomic mass is 9.78. The highest BCUT2D eigenvalue weighted by molar-refractivity contribution is 5.26. The summed E-state index contributed by atoms with van der Waals surface area (Å²) in [6, 6.07) is 9.60. The number of hydrogen-bond acceptors (Lipinski definition) is 1. The lowest BCUT2D eigenvalue weighted by molar-refractivity contribution is 0.0204. The first-order valence-electron chi connectivity index (χ1n) is 17.0. The van der Waals surface area contributed by atoms with E-state index in [4.69, 9.17) is 4.74 Å². The number of benzene rings is 1. The lowest BCUT2D eigenvalue weighted by Gasteiger charge is -2.30. The second-order valence-corrected chi connectivity index (χ2v) is 12.8. The predicted molar refractivity (Wildman–Crippen MR) is 163 cm³/mol. The van der Waals surface area contributed by atoms with Crippen LogP contribution in [-0.2, 0) is 11.2 Å². The van der Waals surface area contributed by atoms with E-state index in [2.05, 4.69) is 38.1 Å². The van der Waals surface area contributed by atoms with Crippen LogP contribution in [-0.4, -0.2) is 12.7 Å². The fraction of sp³-hybridized carbons (Fsp3) is 0.833. The minimum absolute atomic E-state index is 0.520. The highest BCUT2D eigenvalue weighted by Gasteiger charge is 2.24. The Labute approximate surface area is 231 Å². The van der Waals surface area contributed by atoms with Crippen LogP contribution in [0.1, 0.15) is 172 Å². The van der Waals surface area contributed by atoms with Gasteiger partial charge in [-0.3, -0.25) is 0 Å². The average Bonchev–Trinajstić information content (AvgIpc) is 2.94. The summed E-state index contributed by atoms with van der Waals surface area (Å²) in [6.45, 7) is 5.59. The van der Waals surface area contributed by atoms with Crippen molar-refractivity contribution in [3.05, 3.63) is 35.4 Å². The van der Waals surface area contributed by atoms with Crippen LogP contribution >= 0.6 is 0 Å². The molecule has 1 heteroatoms. The predicted octanol–water partition coefficient (Wildman–Crippen LogP) is 11.6. The van der Waals surface area contributed by atoms with Crippen LogP contribution in [0.15, 0.2) is 24.3 Å². The molecule has 0 radical (unpaired) electrons. The molecule has 0 aliphatic heterocycles. The Hall–Kier alpha value is -0.820. The summed E-state index contributed by atoms with van der Waals surface area (Å²) < 4.78 is 6.36. The minimum atomic E-state index is 0.520. The third-order valence-electron chi connectivity index (χ3n) is 9.74. The van der Waals surface area contributed by atoms with E-state index in [-0.39, 0.29) is 0 Å². The number of ether oxygens (including phenoxy) is 1. The molecule has 1 aromatic carbocycles. The summed E-state index contributed by atoms with van der Waals surface area (Å²) >= 11 is 0. The first-order chi connectivity index (χ1) is 18.3. The van der Waals surface area contributed by atoms with Crippen LogP contribution in [0.4, 0.5) is 0 Å². The number of rotatable bonds is 19. The van der Waals surface area contributed by atoms with E-state index in [1.54, 1.807) is 5.56 Å². The molecule has 1 nitrogen and oxygen atoms in total. The molecule has 2 fully saturated rings. The maximum absolute atomic E-state index is 6.36. The van der Waals surface area contributed by atoms with E-state index in [0.717, 1.165) is 24.4 Å². The summed E-state index contributed by atoms with van der Waals surface area (Å²) in [4.78, 5) is 0. The molecule has 0 amide bonds. The molecule has 0 unspecified atom stereocenters. The summed E-state index contributed by atoms with van der Waals surface area (Å²) in [7, 11) is 0. The van der Waals surface area contributed by atoms with Crippen LogP contribution in [0, 0.1) is 11.8 Å². The van der Waals surface area contributed by atoms with E-state index < -0.39 is 0 Å². The zero-order valence-corrected chi connectivity index (χ0v) is 25.0. The van der Waals surface area contributed by atoms with E-state index in [1.807, 2.05) is 0 Å². The molecule has 3 rings (SSSR count). The molecule has 0 atom stereocenters. The number of unbranched alkanes of at least 4 members (excludes halogenated alkanes) is 9. The highest BCUT2D eigenvalue weighted by atomic mass is 16.5. The molecule has 0 N–H and O–H groups in total. The second-order valence-electron chi connectivity index (χ2n) is 12.8. The van der Waals surface area contributed by atoms with Crippen molar-refractivity contribution in [3.8, 4) is 0 Å². The topological polar surface area (TPSA) is 9.23 Å². The van der Waals surface area contributed by atoms with Gasteiger partial charge in [0.25, 0.3) is 0 Å². The van der Waals surface area contributed by atoms with Gasteiger partial charge in [0.15, 0.2) is 0 Å². The van der Waals surface area contributed by atoms with Crippen LogP contribution in [0.25, 0.3) is 0 Å². The molecule has 212 valence electrons. The third-order valence-corrected chi connectivity index (χ3v) is 9.74. The van der Waals surface area contributed by atoms with E-state index in [9.17, 15) is 0 Å². The summed E-state index contributed by atoms with van der Waals surface area (Å²) in [5, 5.41) is 0. The number of hydrogen-bond donors (Lipinski definition) is 0. The van der Waals surface area contributed by atoms with Crippen molar-refractivity contribution in [2.45, 2.75) is 174 Å². The van der Waals surface area contributed by atoms with Crippen molar-refractivity contribution in [1.82, 2.24) is 0 Å². The van der Waals surface area contributed by atoms with Crippen molar-refractivity contribution in [1.29, 1.82) is 0 Å². The smallest absolute Gasteiger partial charge is 0.0575 e. The number of aryl methyl sites for hydroxylation is 1. The quantitative estimate of drug-likeness (QED) is 0.168. The fourth-order valence-electron chi connectivity index (χ4n) is 7.10. The highest BCUT2D eigenvalue weighted by Crippen LogP contribution is 2.36. The van der Waals surface area contributed by atoms with Gasteiger partial charge in [0.2, 0.25) is 0 Å². The Kier molecular flexibility index (Phi) is 16.0. The molecule has 2 aliphatic rings. The Morgan fingerprint density at radius 3 is 1.73 bits per heavy atom. The van der Waals surface area contributed by atoms with Gasteiger partial charge in [0, 0.05) is 6.61 Å². The van der Waals surface area contributed by atoms with Gasteiger partial charge in [0.05, 0.1) is 6.10 Å². The van der Waals surface area contributed by atoms with Gasteiger partial charge in [-0.15, -0.1) is 0 Å². The Morgan fingerprint density at radius 2 is 1.11 bits per heavy atom. The first-order valence-corrected chi connectivity index (χ1v) is 17.0. The molecule has 37 heavy (non-hydrogen) atoms.